The van der Waals surface area contributed by atoms with E-state index < -0.39 is 9.52 Å². The van der Waals surface area contributed by atoms with Crippen LogP contribution in [0.5, 0.6) is 0 Å². The Morgan fingerprint density at radius 3 is 1.56 bits per heavy atom. The molecule has 92 valence electrons. The van der Waals surface area contributed by atoms with E-state index in [0.29, 0.717) is 0 Å². The van der Waals surface area contributed by atoms with Gasteiger partial charge in [-0.3, -0.25) is 0 Å². The maximum Gasteiger partial charge on any atom is 0.123 e. The molecular formula is C15H14F2Si. The first-order valence-electron chi connectivity index (χ1n) is 5.82. The molecule has 0 radical (unpaired) electrons. The van der Waals surface area contributed by atoms with E-state index in [0.717, 1.165) is 11.1 Å². The van der Waals surface area contributed by atoms with Gasteiger partial charge in [-0.1, -0.05) is 24.3 Å². The van der Waals surface area contributed by atoms with E-state index >= 15 is 0 Å². The third kappa shape index (κ3) is 2.93. The van der Waals surface area contributed by atoms with Gasteiger partial charge in [0.15, 0.2) is 0 Å². The van der Waals surface area contributed by atoms with E-state index in [-0.39, 0.29) is 17.2 Å². The summed E-state index contributed by atoms with van der Waals surface area (Å²) in [4.78, 5) is 0. The van der Waals surface area contributed by atoms with Crippen LogP contribution in [0.2, 0.25) is 0 Å². The van der Waals surface area contributed by atoms with Crippen molar-refractivity contribution in [3.63, 3.8) is 0 Å². The van der Waals surface area contributed by atoms with Gasteiger partial charge in [-0.25, -0.2) is 8.78 Å². The van der Waals surface area contributed by atoms with E-state index in [9.17, 15) is 8.78 Å². The smallest absolute Gasteiger partial charge is 0.123 e. The second-order valence-electron chi connectivity index (χ2n) is 4.18. The average molecular weight is 260 g/mol. The Morgan fingerprint density at radius 1 is 0.833 bits per heavy atom. The van der Waals surface area contributed by atoms with Crippen molar-refractivity contribution in [1.29, 1.82) is 0 Å². The first-order chi connectivity index (χ1) is 8.70. The molecule has 0 aliphatic heterocycles. The predicted molar refractivity (Wildman–Crippen MR) is 73.4 cm³/mol. The van der Waals surface area contributed by atoms with E-state index in [1.54, 1.807) is 24.3 Å². The standard InChI is InChI=1S/C15H14F2Si/c1-2-18-15(11-3-7-13(16)8-4-11)12-5-9-14(17)10-6-12/h2-10,15H,1,18H2. The normalized spacial score (nSPS) is 11.3. The minimum atomic E-state index is -0.566. The summed E-state index contributed by atoms with van der Waals surface area (Å²) in [6.45, 7) is 3.80. The Labute approximate surface area is 108 Å². The number of halogens is 2. The van der Waals surface area contributed by atoms with E-state index in [1.807, 2.05) is 5.70 Å². The Hall–Kier alpha value is -1.74. The molecule has 0 spiro atoms. The summed E-state index contributed by atoms with van der Waals surface area (Å²) >= 11 is 0. The SMILES string of the molecule is C=C[SiH2]C(c1ccc(F)cc1)c1ccc(F)cc1. The lowest BCUT2D eigenvalue weighted by atomic mass is 10.0. The lowest BCUT2D eigenvalue weighted by Crippen LogP contribution is -2.08. The van der Waals surface area contributed by atoms with E-state index in [2.05, 4.69) is 6.58 Å². The van der Waals surface area contributed by atoms with Crippen molar-refractivity contribution in [2.75, 3.05) is 0 Å². The van der Waals surface area contributed by atoms with Crippen molar-refractivity contribution < 1.29 is 8.78 Å². The number of rotatable bonds is 4. The molecule has 18 heavy (non-hydrogen) atoms. The number of hydrogen-bond acceptors (Lipinski definition) is 0. The highest BCUT2D eigenvalue weighted by atomic mass is 28.2. The predicted octanol–water partition coefficient (Wildman–Crippen LogP) is 3.37. The van der Waals surface area contributed by atoms with Crippen molar-refractivity contribution in [1.82, 2.24) is 0 Å². The molecule has 0 heterocycles. The van der Waals surface area contributed by atoms with Crippen LogP contribution in [0.25, 0.3) is 0 Å². The molecule has 0 amide bonds. The highest BCUT2D eigenvalue weighted by molar-refractivity contribution is 6.45. The summed E-state index contributed by atoms with van der Waals surface area (Å²) in [5.41, 5.74) is 4.31. The van der Waals surface area contributed by atoms with Crippen LogP contribution in [-0.4, -0.2) is 9.52 Å². The molecule has 0 unspecified atom stereocenters. The topological polar surface area (TPSA) is 0 Å². The highest BCUT2D eigenvalue weighted by Crippen LogP contribution is 2.24. The maximum atomic E-state index is 12.9. The zero-order valence-corrected chi connectivity index (χ0v) is 11.4. The largest absolute Gasteiger partial charge is 0.207 e. The molecule has 0 aromatic heterocycles. The first-order valence-corrected chi connectivity index (χ1v) is 7.46. The van der Waals surface area contributed by atoms with E-state index in [1.165, 1.54) is 24.3 Å². The van der Waals surface area contributed by atoms with Crippen LogP contribution < -0.4 is 0 Å². The van der Waals surface area contributed by atoms with Gasteiger partial charge in [-0.15, -0.1) is 12.3 Å². The fourth-order valence-electron chi connectivity index (χ4n) is 2.02. The molecule has 0 aliphatic carbocycles. The van der Waals surface area contributed by atoms with Gasteiger partial charge in [-0.05, 0) is 35.4 Å². The van der Waals surface area contributed by atoms with Crippen LogP contribution in [-0.2, 0) is 0 Å². The van der Waals surface area contributed by atoms with Crippen LogP contribution in [0.3, 0.4) is 0 Å². The maximum absolute atomic E-state index is 12.9. The summed E-state index contributed by atoms with van der Waals surface area (Å²) in [6, 6.07) is 13.0. The van der Waals surface area contributed by atoms with Crippen molar-refractivity contribution in [2.24, 2.45) is 0 Å². The van der Waals surface area contributed by atoms with Gasteiger partial charge < -0.3 is 0 Å². The minimum Gasteiger partial charge on any atom is -0.207 e. The average Bonchev–Trinajstić information content (AvgIpc) is 2.39. The van der Waals surface area contributed by atoms with E-state index in [4.69, 9.17) is 0 Å². The molecule has 2 rings (SSSR count). The number of benzene rings is 2. The van der Waals surface area contributed by atoms with Crippen LogP contribution in [0.15, 0.2) is 60.8 Å². The molecule has 0 N–H and O–H groups in total. The Bertz CT molecular complexity index is 472. The lowest BCUT2D eigenvalue weighted by molar-refractivity contribution is 0.626. The van der Waals surface area contributed by atoms with Crippen molar-refractivity contribution in [2.45, 2.75) is 5.54 Å². The summed E-state index contributed by atoms with van der Waals surface area (Å²) < 4.78 is 25.9. The Morgan fingerprint density at radius 2 is 1.22 bits per heavy atom. The van der Waals surface area contributed by atoms with Crippen LogP contribution >= 0.6 is 0 Å². The Kier molecular flexibility index (Phi) is 4.05. The highest BCUT2D eigenvalue weighted by Gasteiger charge is 2.13. The molecule has 0 saturated heterocycles. The third-order valence-electron chi connectivity index (χ3n) is 2.95. The molecule has 2 aromatic carbocycles. The molecular weight excluding hydrogens is 246 g/mol. The summed E-state index contributed by atoms with van der Waals surface area (Å²) in [5.74, 6) is -0.478. The zero-order valence-electron chi connectivity index (χ0n) is 9.94. The van der Waals surface area contributed by atoms with Crippen molar-refractivity contribution >= 4 is 9.52 Å². The van der Waals surface area contributed by atoms with Gasteiger partial charge >= 0.3 is 0 Å². The molecule has 0 atom stereocenters. The van der Waals surface area contributed by atoms with Crippen LogP contribution in [0.1, 0.15) is 16.7 Å². The molecule has 0 nitrogen and oxygen atoms in total. The molecule has 3 heteroatoms. The molecule has 0 aliphatic rings. The lowest BCUT2D eigenvalue weighted by Gasteiger charge is -2.15. The second-order valence-corrected chi connectivity index (χ2v) is 6.05. The second kappa shape index (κ2) is 5.73. The quantitative estimate of drug-likeness (QED) is 0.739. The fraction of sp³-hybridized carbons (Fsp3) is 0.0667. The zero-order chi connectivity index (χ0) is 13.0. The first kappa shape index (κ1) is 12.7. The molecule has 0 bridgehead atoms. The third-order valence-corrected chi connectivity index (χ3v) is 4.69. The monoisotopic (exact) mass is 260 g/mol. The fourth-order valence-corrected chi connectivity index (χ4v) is 3.44. The van der Waals surface area contributed by atoms with Gasteiger partial charge in [0.2, 0.25) is 0 Å². The van der Waals surface area contributed by atoms with Crippen molar-refractivity contribution in [3.8, 4) is 0 Å². The van der Waals surface area contributed by atoms with Gasteiger partial charge in [0.1, 0.15) is 11.6 Å². The summed E-state index contributed by atoms with van der Waals surface area (Å²) in [5, 5.41) is 0. The molecule has 0 saturated carbocycles. The van der Waals surface area contributed by atoms with Crippen LogP contribution in [0.4, 0.5) is 8.78 Å². The van der Waals surface area contributed by atoms with Gasteiger partial charge in [0.25, 0.3) is 0 Å². The molecule has 2 aromatic rings. The van der Waals surface area contributed by atoms with Gasteiger partial charge in [0, 0.05) is 5.54 Å². The Balaban J connectivity index is 2.35. The van der Waals surface area contributed by atoms with Gasteiger partial charge in [0.05, 0.1) is 9.52 Å². The summed E-state index contributed by atoms with van der Waals surface area (Å²) in [6.07, 6.45) is 0. The number of hydrogen-bond donors (Lipinski definition) is 0. The molecule has 0 fully saturated rings. The summed E-state index contributed by atoms with van der Waals surface area (Å²) in [7, 11) is -0.566. The van der Waals surface area contributed by atoms with Gasteiger partial charge in [-0.2, -0.15) is 0 Å². The van der Waals surface area contributed by atoms with Crippen molar-refractivity contribution in [3.05, 3.63) is 83.6 Å². The minimum absolute atomic E-state index is 0.226. The van der Waals surface area contributed by atoms with Crippen LogP contribution in [0, 0.1) is 11.6 Å².